The third-order valence-corrected chi connectivity index (χ3v) is 6.08. The first-order valence-electron chi connectivity index (χ1n) is 10.6. The van der Waals surface area contributed by atoms with Gasteiger partial charge in [0.25, 0.3) is 0 Å². The zero-order valence-corrected chi connectivity index (χ0v) is 21.0. The molecule has 1 aromatic carbocycles. The summed E-state index contributed by atoms with van der Waals surface area (Å²) in [6, 6.07) is 12.3. The Morgan fingerprint density at radius 1 is 1.23 bits per heavy atom. The van der Waals surface area contributed by atoms with Crippen LogP contribution < -0.4 is 16.0 Å². The Labute approximate surface area is 201 Å². The summed E-state index contributed by atoms with van der Waals surface area (Å²) in [6.07, 6.45) is 4.27. The molecule has 1 saturated carbocycles. The van der Waals surface area contributed by atoms with Crippen LogP contribution >= 0.6 is 35.3 Å². The van der Waals surface area contributed by atoms with Crippen molar-refractivity contribution >= 4 is 52.9 Å². The van der Waals surface area contributed by atoms with Crippen molar-refractivity contribution < 1.29 is 4.79 Å². The summed E-state index contributed by atoms with van der Waals surface area (Å²) in [6.45, 7) is 6.60. The van der Waals surface area contributed by atoms with E-state index >= 15 is 0 Å². The van der Waals surface area contributed by atoms with Gasteiger partial charge in [-0.25, -0.2) is 4.99 Å². The lowest BCUT2D eigenvalue weighted by Crippen LogP contribution is -2.39. The van der Waals surface area contributed by atoms with Crippen molar-refractivity contribution in [2.75, 3.05) is 18.4 Å². The number of amides is 1. The van der Waals surface area contributed by atoms with E-state index in [4.69, 9.17) is 4.99 Å². The number of carbonyl (C=O) groups excluding carboxylic acids is 1. The van der Waals surface area contributed by atoms with Crippen LogP contribution in [0.3, 0.4) is 0 Å². The Kier molecular flexibility index (Phi) is 10.6. The average Bonchev–Trinajstić information content (AvgIpc) is 3.16. The zero-order chi connectivity index (χ0) is 20.5. The van der Waals surface area contributed by atoms with Crippen LogP contribution in [0.15, 0.2) is 46.8 Å². The molecule has 1 atom stereocenters. The monoisotopic (exact) mass is 540 g/mol. The van der Waals surface area contributed by atoms with Gasteiger partial charge in [-0.05, 0) is 61.2 Å². The second-order valence-electron chi connectivity index (χ2n) is 7.78. The van der Waals surface area contributed by atoms with Crippen molar-refractivity contribution in [3.63, 3.8) is 0 Å². The molecule has 1 fully saturated rings. The number of hydrogen-bond acceptors (Lipinski definition) is 3. The summed E-state index contributed by atoms with van der Waals surface area (Å²) >= 11 is 1.81. The van der Waals surface area contributed by atoms with E-state index in [0.29, 0.717) is 12.5 Å². The third kappa shape index (κ3) is 7.91. The van der Waals surface area contributed by atoms with Gasteiger partial charge in [-0.3, -0.25) is 4.79 Å². The molecule has 1 amide bonds. The van der Waals surface area contributed by atoms with Crippen LogP contribution in [-0.4, -0.2) is 25.0 Å². The van der Waals surface area contributed by atoms with Crippen LogP contribution in [0.1, 0.15) is 43.6 Å². The molecule has 0 aliphatic heterocycles. The van der Waals surface area contributed by atoms with Crippen LogP contribution in [0.4, 0.5) is 5.69 Å². The molecule has 0 spiro atoms. The van der Waals surface area contributed by atoms with Gasteiger partial charge in [-0.15, -0.1) is 35.3 Å². The summed E-state index contributed by atoms with van der Waals surface area (Å²) in [7, 11) is 0. The van der Waals surface area contributed by atoms with Crippen molar-refractivity contribution in [1.29, 1.82) is 0 Å². The van der Waals surface area contributed by atoms with Gasteiger partial charge in [0.2, 0.25) is 5.91 Å². The lowest BCUT2D eigenvalue weighted by atomic mass is 9.85. The molecule has 1 unspecified atom stereocenters. The van der Waals surface area contributed by atoms with E-state index in [2.05, 4.69) is 47.3 Å². The number of carbonyl (C=O) groups is 1. The molecule has 1 aliphatic carbocycles. The minimum Gasteiger partial charge on any atom is -0.357 e. The highest BCUT2D eigenvalue weighted by Gasteiger charge is 2.25. The Hall–Kier alpha value is -1.61. The van der Waals surface area contributed by atoms with E-state index < -0.39 is 0 Å². The molecule has 1 heterocycles. The molecule has 3 rings (SSSR count). The Balaban J connectivity index is 0.00000320. The minimum atomic E-state index is 0. The summed E-state index contributed by atoms with van der Waals surface area (Å²) in [5.41, 5.74) is 1.94. The second kappa shape index (κ2) is 12.9. The van der Waals surface area contributed by atoms with Gasteiger partial charge >= 0.3 is 0 Å². The summed E-state index contributed by atoms with van der Waals surface area (Å²) in [5.74, 6) is 1.70. The molecular weight excluding hydrogens is 507 g/mol. The standard InChI is InChI=1S/C23H32N4OS.HI/c1-3-24-23(25-15-17(2)13-21-11-6-12-29-21)26-16-18-7-4-10-20(14-18)27-22(28)19-8-5-9-19;/h4,6-7,10-12,14,17,19H,3,5,8-9,13,15-16H2,1-2H3,(H,27,28)(H2,24,25,26);1H. The molecule has 5 nitrogen and oxygen atoms in total. The van der Waals surface area contributed by atoms with E-state index in [0.717, 1.165) is 49.6 Å². The highest BCUT2D eigenvalue weighted by molar-refractivity contribution is 14.0. The number of rotatable bonds is 9. The normalized spacial score (nSPS) is 14.9. The number of nitrogens with one attached hydrogen (secondary N) is 3. The maximum atomic E-state index is 12.2. The fourth-order valence-corrected chi connectivity index (χ4v) is 4.16. The first-order valence-corrected chi connectivity index (χ1v) is 11.5. The first-order chi connectivity index (χ1) is 14.1. The van der Waals surface area contributed by atoms with Crippen molar-refractivity contribution in [2.24, 2.45) is 16.8 Å². The number of guanidine groups is 1. The molecule has 7 heteroatoms. The van der Waals surface area contributed by atoms with E-state index in [9.17, 15) is 4.79 Å². The lowest BCUT2D eigenvalue weighted by molar-refractivity contribution is -0.122. The van der Waals surface area contributed by atoms with Crippen LogP contribution in [-0.2, 0) is 17.8 Å². The second-order valence-corrected chi connectivity index (χ2v) is 8.81. The topological polar surface area (TPSA) is 65.5 Å². The summed E-state index contributed by atoms with van der Waals surface area (Å²) in [4.78, 5) is 18.3. The van der Waals surface area contributed by atoms with Gasteiger partial charge in [-0.1, -0.05) is 31.5 Å². The molecule has 0 bridgehead atoms. The maximum absolute atomic E-state index is 12.2. The van der Waals surface area contributed by atoms with Crippen LogP contribution in [0.25, 0.3) is 0 Å². The van der Waals surface area contributed by atoms with Crippen LogP contribution in [0, 0.1) is 11.8 Å². The van der Waals surface area contributed by atoms with Gasteiger partial charge < -0.3 is 16.0 Å². The van der Waals surface area contributed by atoms with Gasteiger partial charge in [0, 0.05) is 29.6 Å². The van der Waals surface area contributed by atoms with Crippen molar-refractivity contribution in [2.45, 2.75) is 46.1 Å². The third-order valence-electron chi connectivity index (χ3n) is 5.18. The zero-order valence-electron chi connectivity index (χ0n) is 17.8. The maximum Gasteiger partial charge on any atom is 0.227 e. The predicted octanol–water partition coefficient (Wildman–Crippen LogP) is 5.04. The fraction of sp³-hybridized carbons (Fsp3) is 0.478. The molecule has 1 aromatic heterocycles. The smallest absolute Gasteiger partial charge is 0.227 e. The lowest BCUT2D eigenvalue weighted by Gasteiger charge is -2.24. The Bertz CT molecular complexity index is 805. The molecule has 0 saturated heterocycles. The predicted molar refractivity (Wildman–Crippen MR) is 138 cm³/mol. The SMILES string of the molecule is CCNC(=NCc1cccc(NC(=O)C2CCC2)c1)NCC(C)Cc1cccs1.I. The molecule has 0 radical (unpaired) electrons. The van der Waals surface area contributed by atoms with Crippen molar-refractivity contribution in [3.05, 3.63) is 52.2 Å². The number of aliphatic imine (C=N–C) groups is 1. The summed E-state index contributed by atoms with van der Waals surface area (Å²) < 4.78 is 0. The average molecular weight is 541 g/mol. The summed E-state index contributed by atoms with van der Waals surface area (Å²) in [5, 5.41) is 11.9. The van der Waals surface area contributed by atoms with E-state index in [1.807, 2.05) is 35.6 Å². The number of halogens is 1. The molecule has 164 valence electrons. The number of anilines is 1. The van der Waals surface area contributed by atoms with Gasteiger partial charge in [-0.2, -0.15) is 0 Å². The van der Waals surface area contributed by atoms with Gasteiger partial charge in [0.05, 0.1) is 6.54 Å². The number of benzene rings is 1. The molecule has 1 aliphatic rings. The number of hydrogen-bond donors (Lipinski definition) is 3. The molecular formula is C23H33IN4OS. The van der Waals surface area contributed by atoms with E-state index in [-0.39, 0.29) is 35.8 Å². The van der Waals surface area contributed by atoms with E-state index in [1.165, 1.54) is 11.3 Å². The van der Waals surface area contributed by atoms with Crippen LogP contribution in [0.5, 0.6) is 0 Å². The highest BCUT2D eigenvalue weighted by atomic mass is 127. The number of thiophene rings is 1. The Morgan fingerprint density at radius 2 is 2.07 bits per heavy atom. The van der Waals surface area contributed by atoms with Gasteiger partial charge in [0.15, 0.2) is 5.96 Å². The Morgan fingerprint density at radius 3 is 2.73 bits per heavy atom. The minimum absolute atomic E-state index is 0. The van der Waals surface area contributed by atoms with E-state index in [1.54, 1.807) is 0 Å². The van der Waals surface area contributed by atoms with Crippen molar-refractivity contribution in [3.8, 4) is 0 Å². The first kappa shape index (κ1) is 24.7. The van der Waals surface area contributed by atoms with Crippen molar-refractivity contribution in [1.82, 2.24) is 10.6 Å². The highest BCUT2D eigenvalue weighted by Crippen LogP contribution is 2.27. The fourth-order valence-electron chi connectivity index (χ4n) is 3.29. The van der Waals surface area contributed by atoms with Crippen LogP contribution in [0.2, 0.25) is 0 Å². The largest absolute Gasteiger partial charge is 0.357 e. The molecule has 2 aromatic rings. The quantitative estimate of drug-likeness (QED) is 0.237. The number of nitrogens with zero attached hydrogens (tertiary/aromatic N) is 1. The molecule has 3 N–H and O–H groups in total. The molecule has 30 heavy (non-hydrogen) atoms. The van der Waals surface area contributed by atoms with Gasteiger partial charge in [0.1, 0.15) is 0 Å².